The van der Waals surface area contributed by atoms with E-state index in [0.717, 1.165) is 9.88 Å². The number of aliphatic carboxylic acids is 1. The van der Waals surface area contributed by atoms with Crippen molar-refractivity contribution in [2.24, 2.45) is 0 Å². The minimum atomic E-state index is -0.910. The van der Waals surface area contributed by atoms with Gasteiger partial charge in [0.05, 0.1) is 12.5 Å². The van der Waals surface area contributed by atoms with Crippen molar-refractivity contribution in [2.45, 2.75) is 46.2 Å². The first-order valence-electron chi connectivity index (χ1n) is 6.52. The summed E-state index contributed by atoms with van der Waals surface area (Å²) < 4.78 is 0. The molecule has 0 radical (unpaired) electrons. The monoisotopic (exact) mass is 299 g/mol. The summed E-state index contributed by atoms with van der Waals surface area (Å²) in [6, 6.07) is -0.506. The van der Waals surface area contributed by atoms with Crippen LogP contribution in [0.3, 0.4) is 0 Å². The third-order valence-electron chi connectivity index (χ3n) is 2.80. The highest BCUT2D eigenvalue weighted by Gasteiger charge is 2.21. The molecule has 0 aliphatic heterocycles. The van der Waals surface area contributed by atoms with Crippen molar-refractivity contribution in [1.82, 2.24) is 15.2 Å². The van der Waals surface area contributed by atoms with E-state index < -0.39 is 5.97 Å². The van der Waals surface area contributed by atoms with E-state index in [4.69, 9.17) is 5.11 Å². The highest BCUT2D eigenvalue weighted by Crippen LogP contribution is 2.19. The lowest BCUT2D eigenvalue weighted by Crippen LogP contribution is -2.45. The van der Waals surface area contributed by atoms with Gasteiger partial charge in [-0.05, 0) is 27.7 Å². The summed E-state index contributed by atoms with van der Waals surface area (Å²) in [6.45, 7) is 7.75. The molecule has 1 atom stereocenters. The van der Waals surface area contributed by atoms with Gasteiger partial charge in [0.2, 0.25) is 0 Å². The molecular weight excluding hydrogens is 278 g/mol. The van der Waals surface area contributed by atoms with E-state index in [1.807, 2.05) is 27.7 Å². The van der Waals surface area contributed by atoms with Gasteiger partial charge >= 0.3 is 12.0 Å². The van der Waals surface area contributed by atoms with Crippen LogP contribution in [0.4, 0.5) is 4.79 Å². The van der Waals surface area contributed by atoms with Crippen molar-refractivity contribution < 1.29 is 14.7 Å². The first-order valence-corrected chi connectivity index (χ1v) is 7.34. The average Bonchev–Trinajstić information content (AvgIpc) is 2.75. The number of carboxylic acid groups (broad SMARTS) is 1. The van der Waals surface area contributed by atoms with Crippen molar-refractivity contribution in [1.29, 1.82) is 0 Å². The van der Waals surface area contributed by atoms with Gasteiger partial charge in [0, 0.05) is 23.7 Å². The van der Waals surface area contributed by atoms with E-state index in [2.05, 4.69) is 10.3 Å². The van der Waals surface area contributed by atoms with Crippen molar-refractivity contribution in [3.63, 3.8) is 0 Å². The van der Waals surface area contributed by atoms with Crippen molar-refractivity contribution in [3.8, 4) is 0 Å². The summed E-state index contributed by atoms with van der Waals surface area (Å²) in [6.07, 6.45) is 1.71. The van der Waals surface area contributed by atoms with Crippen LogP contribution in [0, 0.1) is 6.92 Å². The number of aromatic nitrogens is 1. The predicted octanol–water partition coefficient (Wildman–Crippen LogP) is 2.41. The van der Waals surface area contributed by atoms with Crippen LogP contribution in [0.1, 0.15) is 43.1 Å². The zero-order chi connectivity index (χ0) is 15.3. The Morgan fingerprint density at radius 1 is 1.45 bits per heavy atom. The molecule has 0 saturated carbocycles. The van der Waals surface area contributed by atoms with Gasteiger partial charge in [-0.1, -0.05) is 0 Å². The molecule has 1 rings (SSSR count). The number of urea groups is 1. The first kappa shape index (κ1) is 16.4. The maximum Gasteiger partial charge on any atom is 0.318 e. The van der Waals surface area contributed by atoms with Crippen LogP contribution in [0.25, 0.3) is 0 Å². The number of hydrogen-bond acceptors (Lipinski definition) is 4. The molecule has 0 aliphatic carbocycles. The molecule has 0 saturated heterocycles. The van der Waals surface area contributed by atoms with Gasteiger partial charge < -0.3 is 15.3 Å². The van der Waals surface area contributed by atoms with Gasteiger partial charge in [0.25, 0.3) is 0 Å². The van der Waals surface area contributed by atoms with E-state index in [1.165, 1.54) is 16.2 Å². The number of nitrogens with one attached hydrogen (secondary N) is 1. The van der Waals surface area contributed by atoms with Crippen molar-refractivity contribution in [2.75, 3.05) is 6.54 Å². The molecule has 2 amide bonds. The average molecular weight is 299 g/mol. The van der Waals surface area contributed by atoms with E-state index in [0.29, 0.717) is 0 Å². The highest BCUT2D eigenvalue weighted by molar-refractivity contribution is 7.11. The Morgan fingerprint density at radius 2 is 2.10 bits per heavy atom. The van der Waals surface area contributed by atoms with Crippen molar-refractivity contribution >= 4 is 23.3 Å². The standard InChI is InChI=1S/C13H21N3O3S/c1-8(2)16(6-5-11(17)18)13(19)15-10(4)12-14-7-9(3)20-12/h7-8,10H,5-6H2,1-4H3,(H,15,19)(H,17,18). The SMILES string of the molecule is Cc1cnc(C(C)NC(=O)N(CCC(=O)O)C(C)C)s1. The molecule has 112 valence electrons. The Kier molecular flexibility index (Phi) is 5.94. The van der Waals surface area contributed by atoms with E-state index in [9.17, 15) is 9.59 Å². The van der Waals surface area contributed by atoms with E-state index in [-0.39, 0.29) is 31.1 Å². The van der Waals surface area contributed by atoms with E-state index >= 15 is 0 Å². The second kappa shape index (κ2) is 7.23. The van der Waals surface area contributed by atoms with Gasteiger partial charge in [-0.15, -0.1) is 11.3 Å². The molecule has 6 nitrogen and oxygen atoms in total. The minimum absolute atomic E-state index is 0.0559. The first-order chi connectivity index (χ1) is 9.31. The number of carbonyl (C=O) groups is 2. The molecule has 20 heavy (non-hydrogen) atoms. The predicted molar refractivity (Wildman–Crippen MR) is 77.9 cm³/mol. The Hall–Kier alpha value is -1.63. The second-order valence-electron chi connectivity index (χ2n) is 4.91. The minimum Gasteiger partial charge on any atom is -0.481 e. The van der Waals surface area contributed by atoms with Gasteiger partial charge in [0.1, 0.15) is 5.01 Å². The maximum atomic E-state index is 12.2. The van der Waals surface area contributed by atoms with Crippen LogP contribution in [0.5, 0.6) is 0 Å². The lowest BCUT2D eigenvalue weighted by molar-refractivity contribution is -0.137. The molecule has 0 aromatic carbocycles. The van der Waals surface area contributed by atoms with Crippen LogP contribution >= 0.6 is 11.3 Å². The second-order valence-corrected chi connectivity index (χ2v) is 6.18. The van der Waals surface area contributed by atoms with Gasteiger partial charge in [-0.25, -0.2) is 9.78 Å². The molecule has 1 unspecified atom stereocenters. The number of carbonyl (C=O) groups excluding carboxylic acids is 1. The quantitative estimate of drug-likeness (QED) is 0.845. The summed E-state index contributed by atoms with van der Waals surface area (Å²) in [7, 11) is 0. The number of nitrogens with zero attached hydrogens (tertiary/aromatic N) is 2. The normalized spacial score (nSPS) is 12.2. The van der Waals surface area contributed by atoms with Gasteiger partial charge in [-0.2, -0.15) is 0 Å². The Balaban J connectivity index is 2.63. The maximum absolute atomic E-state index is 12.2. The largest absolute Gasteiger partial charge is 0.481 e. The smallest absolute Gasteiger partial charge is 0.318 e. The number of aryl methyl sites for hydroxylation is 1. The fourth-order valence-electron chi connectivity index (χ4n) is 1.71. The molecule has 0 bridgehead atoms. The summed E-state index contributed by atoms with van der Waals surface area (Å²) in [4.78, 5) is 29.7. The van der Waals surface area contributed by atoms with Crippen LogP contribution in [-0.2, 0) is 4.79 Å². The number of carboxylic acids is 1. The molecule has 2 N–H and O–H groups in total. The highest BCUT2D eigenvalue weighted by atomic mass is 32.1. The number of amides is 2. The number of thiazole rings is 1. The Bertz CT molecular complexity index is 473. The number of hydrogen-bond donors (Lipinski definition) is 2. The lowest BCUT2D eigenvalue weighted by Gasteiger charge is -2.27. The summed E-state index contributed by atoms with van der Waals surface area (Å²) >= 11 is 1.54. The van der Waals surface area contributed by atoms with Crippen LogP contribution in [0.15, 0.2) is 6.20 Å². The molecule has 1 heterocycles. The van der Waals surface area contributed by atoms with Crippen LogP contribution in [-0.4, -0.2) is 39.6 Å². The molecule has 0 fully saturated rings. The topological polar surface area (TPSA) is 82.5 Å². The fraction of sp³-hybridized carbons (Fsp3) is 0.615. The zero-order valence-corrected chi connectivity index (χ0v) is 13.0. The summed E-state index contributed by atoms with van der Waals surface area (Å²) in [5, 5.41) is 12.4. The molecular formula is C13H21N3O3S. The molecule has 0 spiro atoms. The summed E-state index contributed by atoms with van der Waals surface area (Å²) in [5.41, 5.74) is 0. The summed E-state index contributed by atoms with van der Waals surface area (Å²) in [5.74, 6) is -0.910. The number of rotatable bonds is 6. The van der Waals surface area contributed by atoms with Gasteiger partial charge in [0.15, 0.2) is 0 Å². The lowest BCUT2D eigenvalue weighted by atomic mass is 10.3. The Labute approximate surface area is 122 Å². The fourth-order valence-corrected chi connectivity index (χ4v) is 2.49. The van der Waals surface area contributed by atoms with E-state index in [1.54, 1.807) is 6.20 Å². The third-order valence-corrected chi connectivity index (χ3v) is 3.90. The third kappa shape index (κ3) is 4.80. The van der Waals surface area contributed by atoms with Crippen LogP contribution < -0.4 is 5.32 Å². The molecule has 7 heteroatoms. The van der Waals surface area contributed by atoms with Gasteiger partial charge in [-0.3, -0.25) is 4.79 Å². The molecule has 0 aliphatic rings. The van der Waals surface area contributed by atoms with Crippen molar-refractivity contribution in [3.05, 3.63) is 16.1 Å². The molecule has 1 aromatic rings. The van der Waals surface area contributed by atoms with Crippen LogP contribution in [0.2, 0.25) is 0 Å². The molecule has 1 aromatic heterocycles. The zero-order valence-electron chi connectivity index (χ0n) is 12.2. The Morgan fingerprint density at radius 3 is 2.55 bits per heavy atom.